The van der Waals surface area contributed by atoms with Gasteiger partial charge in [-0.05, 0) is 46.1 Å². The van der Waals surface area contributed by atoms with E-state index >= 15 is 0 Å². The van der Waals surface area contributed by atoms with Gasteiger partial charge in [0.1, 0.15) is 4.90 Å². The molecule has 0 radical (unpaired) electrons. The quantitative estimate of drug-likeness (QED) is 0.781. The van der Waals surface area contributed by atoms with Crippen molar-refractivity contribution in [1.82, 2.24) is 9.62 Å². The Morgan fingerprint density at radius 3 is 2.60 bits per heavy atom. The first kappa shape index (κ1) is 17.2. The maximum Gasteiger partial charge on any atom is 0.243 e. The molecule has 0 saturated carbocycles. The van der Waals surface area contributed by atoms with Crippen molar-refractivity contribution < 1.29 is 12.8 Å². The van der Waals surface area contributed by atoms with Crippen LogP contribution in [0.1, 0.15) is 13.3 Å². The summed E-state index contributed by atoms with van der Waals surface area (Å²) in [5.41, 5.74) is 5.10. The molecular formula is C12H19ClFN3O2S. The minimum absolute atomic E-state index is 0.0743. The molecule has 0 spiro atoms. The minimum atomic E-state index is -3.99. The highest BCUT2D eigenvalue weighted by molar-refractivity contribution is 7.89. The van der Waals surface area contributed by atoms with E-state index in [0.717, 1.165) is 6.07 Å². The van der Waals surface area contributed by atoms with Gasteiger partial charge in [-0.25, -0.2) is 17.5 Å². The molecule has 1 rings (SSSR count). The fourth-order valence-electron chi connectivity index (χ4n) is 1.62. The van der Waals surface area contributed by atoms with Crippen molar-refractivity contribution in [3.63, 3.8) is 0 Å². The maximum absolute atomic E-state index is 13.8. The van der Waals surface area contributed by atoms with Gasteiger partial charge in [0.25, 0.3) is 0 Å². The predicted octanol–water partition coefficient (Wildman–Crippen LogP) is 1.68. The Kier molecular flexibility index (Phi) is 5.76. The molecule has 5 nitrogen and oxygen atoms in total. The number of hydrogen-bond donors (Lipinski definition) is 2. The summed E-state index contributed by atoms with van der Waals surface area (Å²) in [5, 5.41) is 0.0743. The molecule has 0 aromatic heterocycles. The van der Waals surface area contributed by atoms with Crippen LogP contribution in [0.3, 0.4) is 0 Å². The van der Waals surface area contributed by atoms with Gasteiger partial charge in [0.2, 0.25) is 10.0 Å². The molecule has 1 unspecified atom stereocenters. The minimum Gasteiger partial charge on any atom is -0.396 e. The largest absolute Gasteiger partial charge is 0.396 e. The third kappa shape index (κ3) is 4.59. The van der Waals surface area contributed by atoms with Crippen LogP contribution in [0.15, 0.2) is 17.0 Å². The van der Waals surface area contributed by atoms with E-state index in [4.69, 9.17) is 17.3 Å². The van der Waals surface area contributed by atoms with E-state index in [1.54, 1.807) is 6.92 Å². The lowest BCUT2D eigenvalue weighted by Gasteiger charge is -2.17. The van der Waals surface area contributed by atoms with E-state index in [9.17, 15) is 12.8 Å². The molecule has 0 aliphatic carbocycles. The molecule has 1 aromatic rings. The number of sulfonamides is 1. The Morgan fingerprint density at radius 2 is 2.05 bits per heavy atom. The first-order valence-electron chi connectivity index (χ1n) is 6.05. The topological polar surface area (TPSA) is 75.4 Å². The lowest BCUT2D eigenvalue weighted by molar-refractivity contribution is 0.378. The summed E-state index contributed by atoms with van der Waals surface area (Å²) < 4.78 is 40.5. The number of anilines is 1. The van der Waals surface area contributed by atoms with E-state index in [1.807, 2.05) is 19.0 Å². The van der Waals surface area contributed by atoms with E-state index in [0.29, 0.717) is 13.0 Å². The Hall–Kier alpha value is -0.890. The molecule has 20 heavy (non-hydrogen) atoms. The lowest BCUT2D eigenvalue weighted by Crippen LogP contribution is -2.35. The van der Waals surface area contributed by atoms with Gasteiger partial charge in [-0.15, -0.1) is 0 Å². The number of hydrogen-bond acceptors (Lipinski definition) is 4. The summed E-state index contributed by atoms with van der Waals surface area (Å²) in [6.45, 7) is 2.43. The number of rotatable bonds is 6. The van der Waals surface area contributed by atoms with Gasteiger partial charge in [-0.2, -0.15) is 0 Å². The average molecular weight is 324 g/mol. The van der Waals surface area contributed by atoms with Crippen molar-refractivity contribution in [3.8, 4) is 0 Å². The standard InChI is InChI=1S/C12H19ClFN3O2S/c1-8(4-5-17(2)3)16-20(18,19)11-7-9(13)6-10(15)12(11)14/h6-8,16H,4-5,15H2,1-3H3. The average Bonchev–Trinajstić information content (AvgIpc) is 2.30. The van der Waals surface area contributed by atoms with Gasteiger partial charge in [-0.3, -0.25) is 0 Å². The smallest absolute Gasteiger partial charge is 0.243 e. The fourth-order valence-corrected chi connectivity index (χ4v) is 3.32. The van der Waals surface area contributed by atoms with Gasteiger partial charge >= 0.3 is 0 Å². The zero-order valence-electron chi connectivity index (χ0n) is 11.7. The van der Waals surface area contributed by atoms with Crippen LogP contribution >= 0.6 is 11.6 Å². The SMILES string of the molecule is CC(CCN(C)C)NS(=O)(=O)c1cc(Cl)cc(N)c1F. The van der Waals surface area contributed by atoms with Crippen molar-refractivity contribution in [2.45, 2.75) is 24.3 Å². The second kappa shape index (κ2) is 6.71. The second-order valence-corrected chi connectivity index (χ2v) is 7.04. The Morgan fingerprint density at radius 1 is 1.45 bits per heavy atom. The Bertz CT molecular complexity index is 578. The number of nitrogen functional groups attached to an aromatic ring is 1. The maximum atomic E-state index is 13.8. The summed E-state index contributed by atoms with van der Waals surface area (Å²) >= 11 is 5.72. The number of nitrogens with one attached hydrogen (secondary N) is 1. The van der Waals surface area contributed by atoms with Crippen LogP contribution in [0.2, 0.25) is 5.02 Å². The number of halogens is 2. The molecular weight excluding hydrogens is 305 g/mol. The molecule has 0 amide bonds. The van der Waals surface area contributed by atoms with Crippen LogP contribution in [0, 0.1) is 5.82 Å². The molecule has 8 heteroatoms. The predicted molar refractivity (Wildman–Crippen MR) is 78.8 cm³/mol. The first-order valence-corrected chi connectivity index (χ1v) is 7.91. The highest BCUT2D eigenvalue weighted by Crippen LogP contribution is 2.25. The number of benzene rings is 1. The molecule has 1 aromatic carbocycles. The highest BCUT2D eigenvalue weighted by Gasteiger charge is 2.23. The van der Waals surface area contributed by atoms with Crippen LogP contribution < -0.4 is 10.5 Å². The molecule has 0 heterocycles. The van der Waals surface area contributed by atoms with Crippen molar-refractivity contribution in [1.29, 1.82) is 0 Å². The van der Waals surface area contributed by atoms with E-state index < -0.39 is 20.7 Å². The molecule has 1 atom stereocenters. The third-order valence-electron chi connectivity index (χ3n) is 2.69. The fraction of sp³-hybridized carbons (Fsp3) is 0.500. The monoisotopic (exact) mass is 323 g/mol. The van der Waals surface area contributed by atoms with Crippen molar-refractivity contribution in [3.05, 3.63) is 23.0 Å². The molecule has 114 valence electrons. The zero-order valence-corrected chi connectivity index (χ0v) is 13.2. The van der Waals surface area contributed by atoms with Crippen LogP contribution in [-0.4, -0.2) is 40.0 Å². The third-order valence-corrected chi connectivity index (χ3v) is 4.49. The number of nitrogens with two attached hydrogens (primary N) is 1. The molecule has 0 aliphatic rings. The summed E-state index contributed by atoms with van der Waals surface area (Å²) in [5.74, 6) is -0.985. The zero-order chi connectivity index (χ0) is 15.5. The van der Waals surface area contributed by atoms with E-state index in [2.05, 4.69) is 4.72 Å². The van der Waals surface area contributed by atoms with Gasteiger partial charge in [0, 0.05) is 11.1 Å². The summed E-state index contributed by atoms with van der Waals surface area (Å²) in [6, 6.07) is 1.89. The van der Waals surface area contributed by atoms with E-state index in [1.165, 1.54) is 6.07 Å². The van der Waals surface area contributed by atoms with Crippen LogP contribution in [0.4, 0.5) is 10.1 Å². The van der Waals surface area contributed by atoms with Crippen LogP contribution in [-0.2, 0) is 10.0 Å². The van der Waals surface area contributed by atoms with Crippen molar-refractivity contribution in [2.24, 2.45) is 0 Å². The molecule has 0 aliphatic heterocycles. The lowest BCUT2D eigenvalue weighted by atomic mass is 10.2. The van der Waals surface area contributed by atoms with Gasteiger partial charge in [0.15, 0.2) is 5.82 Å². The summed E-state index contributed by atoms with van der Waals surface area (Å²) in [7, 11) is -0.216. The van der Waals surface area contributed by atoms with Gasteiger partial charge in [-0.1, -0.05) is 11.6 Å². The second-order valence-electron chi connectivity index (χ2n) is 4.92. The number of nitrogens with zero attached hydrogens (tertiary/aromatic N) is 1. The van der Waals surface area contributed by atoms with E-state index in [-0.39, 0.29) is 16.8 Å². The van der Waals surface area contributed by atoms with Crippen LogP contribution in [0.5, 0.6) is 0 Å². The van der Waals surface area contributed by atoms with Gasteiger partial charge < -0.3 is 10.6 Å². The Labute approximate surface area is 124 Å². The molecule has 3 N–H and O–H groups in total. The van der Waals surface area contributed by atoms with Crippen molar-refractivity contribution >= 4 is 27.3 Å². The summed E-state index contributed by atoms with van der Waals surface area (Å²) in [6.07, 6.45) is 0.601. The molecule has 0 bridgehead atoms. The van der Waals surface area contributed by atoms with Crippen molar-refractivity contribution in [2.75, 3.05) is 26.4 Å². The molecule has 0 fully saturated rings. The first-order chi connectivity index (χ1) is 9.13. The molecule has 0 saturated heterocycles. The normalized spacial score (nSPS) is 13.7. The summed E-state index contributed by atoms with van der Waals surface area (Å²) in [4.78, 5) is 1.40. The highest BCUT2D eigenvalue weighted by atomic mass is 35.5. The van der Waals surface area contributed by atoms with Crippen LogP contribution in [0.25, 0.3) is 0 Å². The Balaban J connectivity index is 2.94. The van der Waals surface area contributed by atoms with Gasteiger partial charge in [0.05, 0.1) is 5.69 Å².